The Hall–Kier alpha value is -1.36. The highest BCUT2D eigenvalue weighted by Crippen LogP contribution is 2.23. The normalized spacial score (nSPS) is 12.2. The van der Waals surface area contributed by atoms with E-state index < -0.39 is 5.41 Å². The van der Waals surface area contributed by atoms with Crippen LogP contribution in [0.3, 0.4) is 0 Å². The Labute approximate surface area is 125 Å². The van der Waals surface area contributed by atoms with Crippen molar-refractivity contribution in [3.63, 3.8) is 0 Å². The van der Waals surface area contributed by atoms with Crippen molar-refractivity contribution in [2.75, 3.05) is 18.9 Å². The number of nitrogens with one attached hydrogen (secondary N) is 2. The predicted molar refractivity (Wildman–Crippen MR) is 82.1 cm³/mol. The number of amides is 1. The molecule has 0 bridgehead atoms. The van der Waals surface area contributed by atoms with E-state index in [1.165, 1.54) is 0 Å². The van der Waals surface area contributed by atoms with E-state index >= 15 is 0 Å². The lowest BCUT2D eigenvalue weighted by Gasteiger charge is -2.24. The fourth-order valence-corrected chi connectivity index (χ4v) is 1.76. The van der Waals surface area contributed by atoms with Gasteiger partial charge < -0.3 is 10.6 Å². The number of hydrogen-bond donors (Lipinski definition) is 2. The summed E-state index contributed by atoms with van der Waals surface area (Å²) in [4.78, 5) is 20.4. The van der Waals surface area contributed by atoms with Crippen LogP contribution in [0.4, 0.5) is 5.82 Å². The lowest BCUT2D eigenvalue weighted by atomic mass is 9.92. The summed E-state index contributed by atoms with van der Waals surface area (Å²) >= 11 is 6.03. The van der Waals surface area contributed by atoms with E-state index in [4.69, 9.17) is 11.6 Å². The van der Waals surface area contributed by atoms with Gasteiger partial charge in [0, 0.05) is 25.1 Å². The van der Waals surface area contributed by atoms with Gasteiger partial charge in [0.1, 0.15) is 16.8 Å². The SMILES string of the molecule is CNC(=O)C(C)(C)CNc1cc(Cl)nc(C(C)(C)C)n1. The largest absolute Gasteiger partial charge is 0.369 e. The van der Waals surface area contributed by atoms with Crippen LogP contribution in [0.5, 0.6) is 0 Å². The van der Waals surface area contributed by atoms with Crippen molar-refractivity contribution < 1.29 is 4.79 Å². The molecule has 0 saturated heterocycles. The molecule has 0 radical (unpaired) electrons. The summed E-state index contributed by atoms with van der Waals surface area (Å²) in [5.41, 5.74) is -0.717. The molecule has 0 spiro atoms. The zero-order chi connectivity index (χ0) is 15.6. The summed E-state index contributed by atoms with van der Waals surface area (Å²) in [6.45, 7) is 10.3. The maximum atomic E-state index is 11.7. The van der Waals surface area contributed by atoms with Crippen LogP contribution in [0, 0.1) is 5.41 Å². The third kappa shape index (κ3) is 4.34. The molecule has 1 aromatic rings. The lowest BCUT2D eigenvalue weighted by Crippen LogP contribution is -2.39. The van der Waals surface area contributed by atoms with Gasteiger partial charge in [-0.1, -0.05) is 32.4 Å². The summed E-state index contributed by atoms with van der Waals surface area (Å²) in [7, 11) is 1.63. The van der Waals surface area contributed by atoms with Gasteiger partial charge in [-0.15, -0.1) is 0 Å². The fraction of sp³-hybridized carbons (Fsp3) is 0.643. The second-order valence-electron chi connectivity index (χ2n) is 6.47. The number of nitrogens with zero attached hydrogens (tertiary/aromatic N) is 2. The van der Waals surface area contributed by atoms with Gasteiger partial charge >= 0.3 is 0 Å². The van der Waals surface area contributed by atoms with Crippen molar-refractivity contribution in [3.8, 4) is 0 Å². The van der Waals surface area contributed by atoms with Gasteiger partial charge in [0.2, 0.25) is 5.91 Å². The molecule has 1 heterocycles. The van der Waals surface area contributed by atoms with Crippen LogP contribution in [-0.4, -0.2) is 29.5 Å². The molecule has 0 saturated carbocycles. The van der Waals surface area contributed by atoms with Gasteiger partial charge in [-0.25, -0.2) is 9.97 Å². The van der Waals surface area contributed by atoms with Gasteiger partial charge in [0.15, 0.2) is 0 Å². The maximum absolute atomic E-state index is 11.7. The number of hydrogen-bond acceptors (Lipinski definition) is 4. The summed E-state index contributed by atoms with van der Waals surface area (Å²) < 4.78 is 0. The van der Waals surface area contributed by atoms with Crippen LogP contribution in [0.25, 0.3) is 0 Å². The van der Waals surface area contributed by atoms with Crippen LogP contribution in [0.15, 0.2) is 6.07 Å². The zero-order valence-electron chi connectivity index (χ0n) is 13.0. The average Bonchev–Trinajstić information content (AvgIpc) is 2.33. The van der Waals surface area contributed by atoms with Gasteiger partial charge in [-0.05, 0) is 13.8 Å². The summed E-state index contributed by atoms with van der Waals surface area (Å²) in [5, 5.41) is 6.20. The van der Waals surface area contributed by atoms with Crippen LogP contribution in [0.2, 0.25) is 5.15 Å². The first-order valence-corrected chi connectivity index (χ1v) is 6.95. The molecule has 0 aliphatic rings. The monoisotopic (exact) mass is 298 g/mol. The molecule has 0 unspecified atom stereocenters. The highest BCUT2D eigenvalue weighted by molar-refractivity contribution is 6.29. The van der Waals surface area contributed by atoms with E-state index in [9.17, 15) is 4.79 Å². The van der Waals surface area contributed by atoms with E-state index in [1.807, 2.05) is 34.6 Å². The third-order valence-corrected chi connectivity index (χ3v) is 3.11. The highest BCUT2D eigenvalue weighted by Gasteiger charge is 2.27. The van der Waals surface area contributed by atoms with Crippen molar-refractivity contribution >= 4 is 23.3 Å². The van der Waals surface area contributed by atoms with Gasteiger partial charge in [-0.3, -0.25) is 4.79 Å². The van der Waals surface area contributed by atoms with Crippen LogP contribution in [-0.2, 0) is 10.2 Å². The Kier molecular flexibility index (Phi) is 4.97. The minimum Gasteiger partial charge on any atom is -0.369 e. The summed E-state index contributed by atoms with van der Waals surface area (Å²) in [6.07, 6.45) is 0. The maximum Gasteiger partial charge on any atom is 0.227 e. The van der Waals surface area contributed by atoms with E-state index in [2.05, 4.69) is 20.6 Å². The number of halogens is 1. The van der Waals surface area contributed by atoms with Crippen molar-refractivity contribution in [3.05, 3.63) is 17.0 Å². The second kappa shape index (κ2) is 5.95. The van der Waals surface area contributed by atoms with E-state index in [0.717, 1.165) is 0 Å². The standard InChI is InChI=1S/C14H23ClN4O/c1-13(2,3)11-18-9(15)7-10(19-11)17-8-14(4,5)12(20)16-6/h7H,8H2,1-6H3,(H,16,20)(H,17,18,19). The van der Waals surface area contributed by atoms with Crippen molar-refractivity contribution in [1.29, 1.82) is 0 Å². The highest BCUT2D eigenvalue weighted by atomic mass is 35.5. The Morgan fingerprint density at radius 2 is 1.85 bits per heavy atom. The quantitative estimate of drug-likeness (QED) is 0.839. The first-order chi connectivity index (χ1) is 9.06. The molecule has 0 aliphatic heterocycles. The molecule has 1 amide bonds. The minimum atomic E-state index is -0.534. The number of aromatic nitrogens is 2. The molecule has 5 nitrogen and oxygen atoms in total. The third-order valence-electron chi connectivity index (χ3n) is 2.92. The van der Waals surface area contributed by atoms with Gasteiger partial charge in [0.25, 0.3) is 0 Å². The van der Waals surface area contributed by atoms with E-state index in [-0.39, 0.29) is 11.3 Å². The van der Waals surface area contributed by atoms with Crippen LogP contribution >= 0.6 is 11.6 Å². The number of anilines is 1. The summed E-state index contributed by atoms with van der Waals surface area (Å²) in [6, 6.07) is 1.66. The Balaban J connectivity index is 2.89. The molecule has 1 aromatic heterocycles. The first-order valence-electron chi connectivity index (χ1n) is 6.57. The van der Waals surface area contributed by atoms with Crippen LogP contribution in [0.1, 0.15) is 40.4 Å². The first kappa shape index (κ1) is 16.7. The van der Waals surface area contributed by atoms with Crippen LogP contribution < -0.4 is 10.6 Å². The van der Waals surface area contributed by atoms with Crippen molar-refractivity contribution in [1.82, 2.24) is 15.3 Å². The fourth-order valence-electron chi connectivity index (χ4n) is 1.57. The molecular formula is C14H23ClN4O. The Morgan fingerprint density at radius 3 is 2.35 bits per heavy atom. The average molecular weight is 299 g/mol. The van der Waals surface area contributed by atoms with E-state index in [0.29, 0.717) is 23.3 Å². The number of carbonyl (C=O) groups excluding carboxylic acids is 1. The predicted octanol–water partition coefficient (Wildman–Crippen LogP) is 2.61. The number of rotatable bonds is 4. The molecule has 6 heteroatoms. The molecule has 0 atom stereocenters. The van der Waals surface area contributed by atoms with Gasteiger partial charge in [-0.2, -0.15) is 0 Å². The minimum absolute atomic E-state index is 0.0267. The molecular weight excluding hydrogens is 276 g/mol. The van der Waals surface area contributed by atoms with Crippen molar-refractivity contribution in [2.45, 2.75) is 40.0 Å². The second-order valence-corrected chi connectivity index (χ2v) is 6.85. The molecule has 0 fully saturated rings. The van der Waals surface area contributed by atoms with Gasteiger partial charge in [0.05, 0.1) is 5.41 Å². The molecule has 20 heavy (non-hydrogen) atoms. The Bertz CT molecular complexity index is 494. The number of carbonyl (C=O) groups is 1. The molecule has 0 aromatic carbocycles. The lowest BCUT2D eigenvalue weighted by molar-refractivity contribution is -0.128. The van der Waals surface area contributed by atoms with Crippen molar-refractivity contribution in [2.24, 2.45) is 5.41 Å². The molecule has 112 valence electrons. The smallest absolute Gasteiger partial charge is 0.227 e. The van der Waals surface area contributed by atoms with E-state index in [1.54, 1.807) is 13.1 Å². The Morgan fingerprint density at radius 1 is 1.25 bits per heavy atom. The molecule has 1 rings (SSSR count). The summed E-state index contributed by atoms with van der Waals surface area (Å²) in [5.74, 6) is 1.28. The zero-order valence-corrected chi connectivity index (χ0v) is 13.7. The topological polar surface area (TPSA) is 66.9 Å². The molecule has 0 aliphatic carbocycles. The molecule has 2 N–H and O–H groups in total.